The molecular weight excluding hydrogens is 294 g/mol. The molecule has 0 heterocycles. The lowest BCUT2D eigenvalue weighted by Gasteiger charge is -2.55. The van der Waals surface area contributed by atoms with Crippen molar-refractivity contribution < 1.29 is 10.4 Å². The van der Waals surface area contributed by atoms with Gasteiger partial charge < -0.3 is 10.4 Å². The van der Waals surface area contributed by atoms with E-state index in [1.807, 2.05) is 31.2 Å². The van der Waals surface area contributed by atoms with Crippen molar-refractivity contribution in [3.05, 3.63) is 34.9 Å². The molecule has 3 heteroatoms. The molecule has 1 atom stereocenters. The summed E-state index contributed by atoms with van der Waals surface area (Å²) < 4.78 is 0. The topological polar surface area (TPSA) is 36.8 Å². The Bertz CT molecular complexity index is 516. The fourth-order valence-corrected chi connectivity index (χ4v) is 5.90. The average Bonchev–Trinajstić information content (AvgIpc) is 2.45. The van der Waals surface area contributed by atoms with Crippen LogP contribution in [-0.4, -0.2) is 17.2 Å². The van der Waals surface area contributed by atoms with Crippen molar-refractivity contribution in [3.63, 3.8) is 0 Å². The fourth-order valence-electron chi connectivity index (χ4n) is 5.77. The predicted octanol–water partition coefficient (Wildman–Crippen LogP) is 3.08. The second kappa shape index (κ2) is 5.22. The van der Waals surface area contributed by atoms with Crippen molar-refractivity contribution in [2.24, 2.45) is 17.8 Å². The van der Waals surface area contributed by atoms with Crippen LogP contribution in [0.3, 0.4) is 0 Å². The van der Waals surface area contributed by atoms with Crippen molar-refractivity contribution in [1.29, 1.82) is 0 Å². The Labute approximate surface area is 138 Å². The zero-order chi connectivity index (χ0) is 15.4. The highest BCUT2D eigenvalue weighted by atomic mass is 35.5. The summed E-state index contributed by atoms with van der Waals surface area (Å²) in [7, 11) is 0. The number of hydrogen-bond acceptors (Lipinski definition) is 1. The van der Waals surface area contributed by atoms with Crippen LogP contribution in [-0.2, 0) is 5.60 Å². The maximum absolute atomic E-state index is 10.9. The first-order valence-corrected chi connectivity index (χ1v) is 9.15. The van der Waals surface area contributed by atoms with Gasteiger partial charge in [0, 0.05) is 24.3 Å². The molecule has 2 nitrogen and oxygen atoms in total. The molecule has 0 radical (unpaired) electrons. The minimum Gasteiger partial charge on any atom is -0.380 e. The first-order valence-electron chi connectivity index (χ1n) is 8.77. The molecule has 4 fully saturated rings. The second-order valence-corrected chi connectivity index (χ2v) is 8.91. The highest BCUT2D eigenvalue weighted by molar-refractivity contribution is 6.30. The molecule has 1 aromatic rings. The van der Waals surface area contributed by atoms with Crippen LogP contribution in [0.1, 0.15) is 51.0 Å². The predicted molar refractivity (Wildman–Crippen MR) is 88.7 cm³/mol. The molecule has 22 heavy (non-hydrogen) atoms. The van der Waals surface area contributed by atoms with Crippen molar-refractivity contribution in [2.75, 3.05) is 6.54 Å². The summed E-state index contributed by atoms with van der Waals surface area (Å²) in [5, 5.41) is 14.1. The van der Waals surface area contributed by atoms with E-state index < -0.39 is 5.60 Å². The van der Waals surface area contributed by atoms with Crippen molar-refractivity contribution in [3.8, 4) is 0 Å². The van der Waals surface area contributed by atoms with Gasteiger partial charge in [0.05, 0.1) is 5.54 Å². The minimum absolute atomic E-state index is 0.422. The van der Waals surface area contributed by atoms with Gasteiger partial charge in [-0.05, 0) is 61.6 Å². The number of aliphatic hydroxyl groups is 1. The molecule has 0 saturated heterocycles. The molecule has 4 aliphatic rings. The molecule has 0 aromatic heterocycles. The molecular formula is C19H27ClNO+. The number of benzene rings is 1. The Morgan fingerprint density at radius 2 is 1.59 bits per heavy atom. The molecule has 0 spiro atoms. The van der Waals surface area contributed by atoms with Gasteiger partial charge in [0.2, 0.25) is 0 Å². The first kappa shape index (κ1) is 15.0. The largest absolute Gasteiger partial charge is 0.380 e. The summed E-state index contributed by atoms with van der Waals surface area (Å²) in [6.07, 6.45) is 8.53. The average molecular weight is 321 g/mol. The zero-order valence-corrected chi connectivity index (χ0v) is 14.1. The molecule has 4 saturated carbocycles. The molecule has 120 valence electrons. The number of nitrogens with two attached hydrogens (primary N) is 1. The number of halogens is 1. The van der Waals surface area contributed by atoms with E-state index in [9.17, 15) is 5.11 Å². The maximum atomic E-state index is 10.9. The molecule has 3 N–H and O–H groups in total. The van der Waals surface area contributed by atoms with Gasteiger partial charge in [0.25, 0.3) is 0 Å². The SMILES string of the molecule is C[C@](O)(C[NH2+]C12CC3CC(CC(C3)C1)C2)c1ccc(Cl)cc1. The smallest absolute Gasteiger partial charge is 0.135 e. The van der Waals surface area contributed by atoms with E-state index in [0.717, 1.165) is 34.9 Å². The third-order valence-corrected chi connectivity index (χ3v) is 6.74. The van der Waals surface area contributed by atoms with E-state index in [1.54, 1.807) is 0 Å². The Kier molecular flexibility index (Phi) is 3.56. The van der Waals surface area contributed by atoms with Gasteiger partial charge in [-0.3, -0.25) is 0 Å². The van der Waals surface area contributed by atoms with E-state index in [0.29, 0.717) is 5.54 Å². The second-order valence-electron chi connectivity index (χ2n) is 8.47. The normalized spacial score (nSPS) is 39.0. The Morgan fingerprint density at radius 3 is 2.09 bits per heavy atom. The van der Waals surface area contributed by atoms with E-state index in [1.165, 1.54) is 38.5 Å². The van der Waals surface area contributed by atoms with E-state index in [2.05, 4.69) is 5.32 Å². The molecule has 4 aliphatic carbocycles. The van der Waals surface area contributed by atoms with E-state index >= 15 is 0 Å². The quantitative estimate of drug-likeness (QED) is 0.879. The third kappa shape index (κ3) is 2.70. The van der Waals surface area contributed by atoms with Gasteiger partial charge in [0.1, 0.15) is 12.1 Å². The van der Waals surface area contributed by atoms with Crippen LogP contribution < -0.4 is 5.32 Å². The molecule has 0 aliphatic heterocycles. The van der Waals surface area contributed by atoms with Crippen LogP contribution in [0, 0.1) is 17.8 Å². The number of hydrogen-bond donors (Lipinski definition) is 2. The lowest BCUT2D eigenvalue weighted by atomic mass is 9.53. The van der Waals surface area contributed by atoms with Gasteiger partial charge in [-0.2, -0.15) is 0 Å². The first-order chi connectivity index (χ1) is 10.4. The van der Waals surface area contributed by atoms with Crippen molar-refractivity contribution in [1.82, 2.24) is 0 Å². The van der Waals surface area contributed by atoms with Crippen molar-refractivity contribution in [2.45, 2.75) is 56.6 Å². The highest BCUT2D eigenvalue weighted by Crippen LogP contribution is 2.54. The lowest BCUT2D eigenvalue weighted by Crippen LogP contribution is -3.00. The Morgan fingerprint density at radius 1 is 1.09 bits per heavy atom. The maximum Gasteiger partial charge on any atom is 0.135 e. The van der Waals surface area contributed by atoms with Gasteiger partial charge in [0.15, 0.2) is 0 Å². The van der Waals surface area contributed by atoms with Gasteiger partial charge in [-0.15, -0.1) is 0 Å². The van der Waals surface area contributed by atoms with Crippen LogP contribution in [0.5, 0.6) is 0 Å². The molecule has 1 aromatic carbocycles. The van der Waals surface area contributed by atoms with Crippen LogP contribution in [0.4, 0.5) is 0 Å². The summed E-state index contributed by atoms with van der Waals surface area (Å²) in [6.45, 7) is 2.69. The van der Waals surface area contributed by atoms with Crippen LogP contribution in [0.2, 0.25) is 5.02 Å². The van der Waals surface area contributed by atoms with Gasteiger partial charge in [-0.1, -0.05) is 23.7 Å². The lowest BCUT2D eigenvalue weighted by molar-refractivity contribution is -0.748. The summed E-state index contributed by atoms with van der Waals surface area (Å²) >= 11 is 5.96. The summed E-state index contributed by atoms with van der Waals surface area (Å²) in [5.41, 5.74) is 0.608. The number of quaternary nitrogens is 1. The van der Waals surface area contributed by atoms with Crippen LogP contribution in [0.15, 0.2) is 24.3 Å². The van der Waals surface area contributed by atoms with Crippen molar-refractivity contribution >= 4 is 11.6 Å². The Hall–Kier alpha value is -0.570. The van der Waals surface area contributed by atoms with E-state index in [4.69, 9.17) is 11.6 Å². The van der Waals surface area contributed by atoms with E-state index in [-0.39, 0.29) is 0 Å². The summed E-state index contributed by atoms with van der Waals surface area (Å²) in [4.78, 5) is 0. The molecule has 5 rings (SSSR count). The zero-order valence-electron chi connectivity index (χ0n) is 13.4. The standard InChI is InChI=1S/C19H26ClNO/c1-18(22,16-2-4-17(20)5-3-16)12-21-19-9-13-6-14(10-19)8-15(7-13)11-19/h2-5,13-15,21-22H,6-12H2,1H3/p+1/t13?,14?,15?,18-,19?/m0/s1. The molecule has 0 unspecified atom stereocenters. The number of rotatable bonds is 4. The van der Waals surface area contributed by atoms with Gasteiger partial charge >= 0.3 is 0 Å². The molecule has 4 bridgehead atoms. The minimum atomic E-state index is -0.784. The summed E-state index contributed by atoms with van der Waals surface area (Å²) in [5.74, 6) is 2.88. The Balaban J connectivity index is 1.46. The van der Waals surface area contributed by atoms with Gasteiger partial charge in [-0.25, -0.2) is 0 Å². The van der Waals surface area contributed by atoms with Crippen LogP contribution >= 0.6 is 11.6 Å². The van der Waals surface area contributed by atoms with Crippen LogP contribution in [0.25, 0.3) is 0 Å². The monoisotopic (exact) mass is 320 g/mol. The fraction of sp³-hybridized carbons (Fsp3) is 0.684. The highest BCUT2D eigenvalue weighted by Gasteiger charge is 2.53. The summed E-state index contributed by atoms with van der Waals surface area (Å²) in [6, 6.07) is 7.65. The third-order valence-electron chi connectivity index (χ3n) is 6.48. The molecule has 0 amide bonds.